The zero-order chi connectivity index (χ0) is 10.7. The summed E-state index contributed by atoms with van der Waals surface area (Å²) in [5, 5.41) is 0. The van der Waals surface area contributed by atoms with E-state index in [9.17, 15) is 4.79 Å². The third kappa shape index (κ3) is 2.35. The molecule has 3 heteroatoms. The van der Waals surface area contributed by atoms with Crippen LogP contribution < -0.4 is 0 Å². The van der Waals surface area contributed by atoms with Crippen LogP contribution in [0.4, 0.5) is 0 Å². The van der Waals surface area contributed by atoms with Gasteiger partial charge in [0.05, 0.1) is 0 Å². The summed E-state index contributed by atoms with van der Waals surface area (Å²) in [6.07, 6.45) is 4.93. The summed E-state index contributed by atoms with van der Waals surface area (Å²) in [5.41, 5.74) is 1.08. The number of hydrogen-bond donors (Lipinski definition) is 0. The van der Waals surface area contributed by atoms with Crippen LogP contribution in [0.2, 0.25) is 0 Å². The first kappa shape index (κ1) is 10.1. The van der Waals surface area contributed by atoms with E-state index in [0.717, 1.165) is 31.5 Å². The fourth-order valence-corrected chi connectivity index (χ4v) is 2.22. The maximum Gasteiger partial charge on any atom is 0.219 e. The van der Waals surface area contributed by atoms with Crippen LogP contribution >= 0.6 is 0 Å². The molecule has 0 spiro atoms. The van der Waals surface area contributed by atoms with Crippen molar-refractivity contribution in [2.45, 2.75) is 32.2 Å². The Hall–Kier alpha value is -1.38. The van der Waals surface area contributed by atoms with E-state index >= 15 is 0 Å². The SMILES string of the molecule is CC(=O)N1CCC[C@@H]1Cc1ccccn1. The largest absolute Gasteiger partial charge is 0.340 e. The molecule has 1 amide bonds. The lowest BCUT2D eigenvalue weighted by molar-refractivity contribution is -0.129. The average molecular weight is 204 g/mol. The van der Waals surface area contributed by atoms with Crippen molar-refractivity contribution in [3.8, 4) is 0 Å². The van der Waals surface area contributed by atoms with E-state index in [2.05, 4.69) is 4.98 Å². The Bertz CT molecular complexity index is 337. The molecule has 0 bridgehead atoms. The highest BCUT2D eigenvalue weighted by molar-refractivity contribution is 5.73. The van der Waals surface area contributed by atoms with Crippen LogP contribution in [0.1, 0.15) is 25.5 Å². The van der Waals surface area contributed by atoms with Crippen molar-refractivity contribution in [2.24, 2.45) is 0 Å². The average Bonchev–Trinajstić information content (AvgIpc) is 2.67. The lowest BCUT2D eigenvalue weighted by Crippen LogP contribution is -2.35. The van der Waals surface area contributed by atoms with Gasteiger partial charge in [-0.3, -0.25) is 9.78 Å². The Morgan fingerprint density at radius 2 is 2.47 bits per heavy atom. The summed E-state index contributed by atoms with van der Waals surface area (Å²) in [6, 6.07) is 6.30. The predicted octanol–water partition coefficient (Wildman–Crippen LogP) is 1.64. The molecule has 1 aromatic heterocycles. The van der Waals surface area contributed by atoms with Gasteiger partial charge in [-0.25, -0.2) is 0 Å². The van der Waals surface area contributed by atoms with Crippen LogP contribution in [0, 0.1) is 0 Å². The molecule has 0 unspecified atom stereocenters. The van der Waals surface area contributed by atoms with E-state index < -0.39 is 0 Å². The van der Waals surface area contributed by atoms with Gasteiger partial charge in [0.25, 0.3) is 0 Å². The van der Waals surface area contributed by atoms with Gasteiger partial charge in [0, 0.05) is 37.8 Å². The van der Waals surface area contributed by atoms with Gasteiger partial charge in [-0.1, -0.05) is 6.07 Å². The minimum absolute atomic E-state index is 0.188. The quantitative estimate of drug-likeness (QED) is 0.733. The van der Waals surface area contributed by atoms with Gasteiger partial charge >= 0.3 is 0 Å². The zero-order valence-corrected chi connectivity index (χ0v) is 9.02. The van der Waals surface area contributed by atoms with Gasteiger partial charge in [0.2, 0.25) is 5.91 Å². The van der Waals surface area contributed by atoms with Gasteiger partial charge < -0.3 is 4.90 Å². The van der Waals surface area contributed by atoms with Gasteiger partial charge in [0.15, 0.2) is 0 Å². The number of aromatic nitrogens is 1. The topological polar surface area (TPSA) is 33.2 Å². The number of hydrogen-bond acceptors (Lipinski definition) is 2. The van der Waals surface area contributed by atoms with E-state index in [-0.39, 0.29) is 5.91 Å². The second-order valence-corrected chi connectivity index (χ2v) is 4.03. The first-order chi connectivity index (χ1) is 7.27. The van der Waals surface area contributed by atoms with Crippen molar-refractivity contribution < 1.29 is 4.79 Å². The summed E-state index contributed by atoms with van der Waals surface area (Å²) in [5.74, 6) is 0.188. The van der Waals surface area contributed by atoms with Crippen LogP contribution in [0.5, 0.6) is 0 Å². The summed E-state index contributed by atoms with van der Waals surface area (Å²) in [7, 11) is 0. The first-order valence-electron chi connectivity index (χ1n) is 5.44. The van der Waals surface area contributed by atoms with Crippen LogP contribution in [0.25, 0.3) is 0 Å². The van der Waals surface area contributed by atoms with E-state index in [1.54, 1.807) is 6.92 Å². The summed E-state index contributed by atoms with van der Waals surface area (Å²) in [6.45, 7) is 2.56. The van der Waals surface area contributed by atoms with Crippen molar-refractivity contribution in [3.63, 3.8) is 0 Å². The van der Waals surface area contributed by atoms with Crippen LogP contribution in [0.15, 0.2) is 24.4 Å². The highest BCUT2D eigenvalue weighted by Gasteiger charge is 2.26. The minimum Gasteiger partial charge on any atom is -0.340 e. The second-order valence-electron chi connectivity index (χ2n) is 4.03. The van der Waals surface area contributed by atoms with Crippen LogP contribution in [0.3, 0.4) is 0 Å². The molecular formula is C12H16N2O. The summed E-state index contributed by atoms with van der Waals surface area (Å²) >= 11 is 0. The number of carbonyl (C=O) groups excluding carboxylic acids is 1. The summed E-state index contributed by atoms with van der Waals surface area (Å²) in [4.78, 5) is 17.6. The standard InChI is InChI=1S/C12H16N2O/c1-10(15)14-8-4-6-12(14)9-11-5-2-3-7-13-11/h2-3,5,7,12H,4,6,8-9H2,1H3/t12-/m1/s1. The van der Waals surface area contributed by atoms with Crippen molar-refractivity contribution in [3.05, 3.63) is 30.1 Å². The molecule has 1 fully saturated rings. The molecule has 15 heavy (non-hydrogen) atoms. The molecule has 0 aliphatic carbocycles. The van der Waals surface area contributed by atoms with E-state index in [1.807, 2.05) is 29.3 Å². The van der Waals surface area contributed by atoms with Crippen molar-refractivity contribution >= 4 is 5.91 Å². The van der Waals surface area contributed by atoms with Gasteiger partial charge in [0.1, 0.15) is 0 Å². The van der Waals surface area contributed by atoms with Crippen LogP contribution in [-0.2, 0) is 11.2 Å². The van der Waals surface area contributed by atoms with Gasteiger partial charge in [-0.2, -0.15) is 0 Å². The third-order valence-corrected chi connectivity index (χ3v) is 2.95. The minimum atomic E-state index is 0.188. The molecular weight excluding hydrogens is 188 g/mol. The molecule has 3 nitrogen and oxygen atoms in total. The smallest absolute Gasteiger partial charge is 0.219 e. The Morgan fingerprint density at radius 1 is 1.60 bits per heavy atom. The number of carbonyl (C=O) groups is 1. The second kappa shape index (κ2) is 4.43. The molecule has 80 valence electrons. The molecule has 1 aliphatic rings. The molecule has 1 atom stereocenters. The fraction of sp³-hybridized carbons (Fsp3) is 0.500. The number of likely N-dealkylation sites (tertiary alicyclic amines) is 1. The molecule has 0 radical (unpaired) electrons. The Kier molecular flexibility index (Phi) is 2.99. The lowest BCUT2D eigenvalue weighted by Gasteiger charge is -2.22. The fourth-order valence-electron chi connectivity index (χ4n) is 2.22. The molecule has 2 rings (SSSR count). The lowest BCUT2D eigenvalue weighted by atomic mass is 10.1. The molecule has 1 aromatic rings. The number of rotatable bonds is 2. The van der Waals surface area contributed by atoms with E-state index in [1.165, 1.54) is 0 Å². The van der Waals surface area contributed by atoms with Crippen LogP contribution in [-0.4, -0.2) is 28.4 Å². The molecule has 0 saturated carbocycles. The Balaban J connectivity index is 2.03. The molecule has 2 heterocycles. The highest BCUT2D eigenvalue weighted by atomic mass is 16.2. The van der Waals surface area contributed by atoms with Crippen molar-refractivity contribution in [2.75, 3.05) is 6.54 Å². The van der Waals surface area contributed by atoms with Crippen molar-refractivity contribution in [1.29, 1.82) is 0 Å². The third-order valence-electron chi connectivity index (χ3n) is 2.95. The Labute approximate surface area is 90.1 Å². The number of pyridine rings is 1. The maximum absolute atomic E-state index is 11.4. The first-order valence-corrected chi connectivity index (χ1v) is 5.44. The maximum atomic E-state index is 11.4. The van der Waals surface area contributed by atoms with E-state index in [4.69, 9.17) is 0 Å². The molecule has 1 aliphatic heterocycles. The molecule has 0 N–H and O–H groups in total. The highest BCUT2D eigenvalue weighted by Crippen LogP contribution is 2.20. The molecule has 1 saturated heterocycles. The number of amides is 1. The van der Waals surface area contributed by atoms with Gasteiger partial charge in [-0.05, 0) is 25.0 Å². The Morgan fingerprint density at radius 3 is 3.13 bits per heavy atom. The van der Waals surface area contributed by atoms with Gasteiger partial charge in [-0.15, -0.1) is 0 Å². The normalized spacial score (nSPS) is 20.6. The molecule has 0 aromatic carbocycles. The summed E-state index contributed by atoms with van der Waals surface area (Å²) < 4.78 is 0. The predicted molar refractivity (Wildman–Crippen MR) is 58.4 cm³/mol. The number of nitrogens with zero attached hydrogens (tertiary/aromatic N) is 2. The van der Waals surface area contributed by atoms with Crippen molar-refractivity contribution in [1.82, 2.24) is 9.88 Å². The monoisotopic (exact) mass is 204 g/mol. The van der Waals surface area contributed by atoms with E-state index in [0.29, 0.717) is 6.04 Å². The zero-order valence-electron chi connectivity index (χ0n) is 9.02.